The average Bonchev–Trinajstić information content (AvgIpc) is 3.36. The Bertz CT molecular complexity index is 1900. The third-order valence-electron chi connectivity index (χ3n) is 7.12. The molecule has 0 aliphatic rings. The minimum absolute atomic E-state index is 0.356. The van der Waals surface area contributed by atoms with Crippen molar-refractivity contribution in [1.82, 2.24) is 14.5 Å². The van der Waals surface area contributed by atoms with Crippen molar-refractivity contribution in [2.24, 2.45) is 0 Å². The summed E-state index contributed by atoms with van der Waals surface area (Å²) < 4.78 is 7.60. The van der Waals surface area contributed by atoms with E-state index in [0.717, 1.165) is 55.6 Å². The standard InChI is InChI=1S/C34H24BN3O2/c39-35-40-27-19-20-33-29(21-27)28-13-7-8-14-32(28)38(33)26-17-15-25(16-18-26)34-36-30(23-9-3-1-4-10-23)22-31(37-34)24-11-5-2-6-12-24/h1-22,35,39H. The predicted octanol–water partition coefficient (Wildman–Crippen LogP) is 7.21. The van der Waals surface area contributed by atoms with Crippen molar-refractivity contribution < 1.29 is 9.68 Å². The summed E-state index contributed by atoms with van der Waals surface area (Å²) in [5.41, 5.74) is 8.01. The highest BCUT2D eigenvalue weighted by molar-refractivity contribution is 6.17. The zero-order valence-corrected chi connectivity index (χ0v) is 21.6. The van der Waals surface area contributed by atoms with Gasteiger partial charge in [-0.15, -0.1) is 0 Å². The number of nitrogens with zero attached hydrogens (tertiary/aromatic N) is 3. The van der Waals surface area contributed by atoms with Gasteiger partial charge in [0.05, 0.1) is 22.4 Å². The minimum atomic E-state index is -0.356. The highest BCUT2D eigenvalue weighted by atomic mass is 16.5. The molecule has 5 nitrogen and oxygen atoms in total. The zero-order chi connectivity index (χ0) is 26.9. The van der Waals surface area contributed by atoms with E-state index in [1.165, 1.54) is 0 Å². The molecule has 7 aromatic rings. The van der Waals surface area contributed by atoms with E-state index in [9.17, 15) is 5.02 Å². The van der Waals surface area contributed by atoms with Crippen molar-refractivity contribution in [3.8, 4) is 45.3 Å². The molecule has 5 aromatic carbocycles. The van der Waals surface area contributed by atoms with Gasteiger partial charge in [-0.3, -0.25) is 0 Å². The Morgan fingerprint density at radius 2 is 1.15 bits per heavy atom. The maximum atomic E-state index is 9.23. The molecule has 0 saturated carbocycles. The van der Waals surface area contributed by atoms with E-state index in [1.807, 2.05) is 66.7 Å². The Hall–Kier alpha value is -5.20. The maximum absolute atomic E-state index is 9.23. The highest BCUT2D eigenvalue weighted by Gasteiger charge is 2.14. The van der Waals surface area contributed by atoms with Gasteiger partial charge in [-0.25, -0.2) is 9.97 Å². The lowest BCUT2D eigenvalue weighted by molar-refractivity contribution is 0.454. The molecule has 40 heavy (non-hydrogen) atoms. The minimum Gasteiger partial charge on any atom is -0.539 e. The lowest BCUT2D eigenvalue weighted by Crippen LogP contribution is -1.99. The quantitative estimate of drug-likeness (QED) is 0.237. The molecule has 0 amide bonds. The molecule has 1 N–H and O–H groups in total. The first-order valence-corrected chi connectivity index (χ1v) is 13.2. The van der Waals surface area contributed by atoms with Crippen molar-refractivity contribution in [2.45, 2.75) is 0 Å². The molecule has 0 atom stereocenters. The molecule has 0 spiro atoms. The van der Waals surface area contributed by atoms with Crippen LogP contribution in [-0.4, -0.2) is 27.2 Å². The fourth-order valence-electron chi connectivity index (χ4n) is 5.24. The SMILES string of the molecule is OBOc1ccc2c(c1)c1ccccc1n2-c1ccc(-c2nc(-c3ccccc3)cc(-c3ccccc3)n2)cc1. The summed E-state index contributed by atoms with van der Waals surface area (Å²) in [5, 5.41) is 11.4. The fraction of sp³-hybridized carbons (Fsp3) is 0. The molecule has 0 saturated heterocycles. The van der Waals surface area contributed by atoms with E-state index in [1.54, 1.807) is 0 Å². The number of aromatic nitrogens is 3. The molecule has 6 heteroatoms. The van der Waals surface area contributed by atoms with Crippen LogP contribution < -0.4 is 4.65 Å². The van der Waals surface area contributed by atoms with Crippen molar-refractivity contribution in [3.05, 3.63) is 133 Å². The van der Waals surface area contributed by atoms with Gasteiger partial charge >= 0.3 is 7.69 Å². The summed E-state index contributed by atoms with van der Waals surface area (Å²) in [6, 6.07) is 45.1. The molecule has 190 valence electrons. The molecule has 0 fully saturated rings. The van der Waals surface area contributed by atoms with Crippen molar-refractivity contribution in [1.29, 1.82) is 0 Å². The largest absolute Gasteiger partial charge is 0.539 e. The summed E-state index contributed by atoms with van der Waals surface area (Å²) in [6.07, 6.45) is 0. The van der Waals surface area contributed by atoms with Crippen molar-refractivity contribution >= 4 is 29.5 Å². The molecule has 0 bridgehead atoms. The van der Waals surface area contributed by atoms with Crippen LogP contribution in [-0.2, 0) is 0 Å². The van der Waals surface area contributed by atoms with Crippen LogP contribution in [0, 0.1) is 0 Å². The second kappa shape index (κ2) is 10.2. The van der Waals surface area contributed by atoms with E-state index < -0.39 is 0 Å². The van der Waals surface area contributed by atoms with Gasteiger partial charge < -0.3 is 14.2 Å². The molecule has 2 heterocycles. The lowest BCUT2D eigenvalue weighted by Gasteiger charge is -2.11. The first kappa shape index (κ1) is 23.9. The number of fused-ring (bicyclic) bond motifs is 3. The third kappa shape index (κ3) is 4.30. The monoisotopic (exact) mass is 517 g/mol. The normalized spacial score (nSPS) is 11.1. The van der Waals surface area contributed by atoms with E-state index in [0.29, 0.717) is 11.6 Å². The number of hydrogen-bond acceptors (Lipinski definition) is 4. The molecule has 7 rings (SSSR count). The molecular weight excluding hydrogens is 493 g/mol. The molecule has 0 unspecified atom stereocenters. The van der Waals surface area contributed by atoms with Gasteiger partial charge in [0.1, 0.15) is 5.75 Å². The van der Waals surface area contributed by atoms with Gasteiger partial charge in [-0.1, -0.05) is 78.9 Å². The van der Waals surface area contributed by atoms with Crippen molar-refractivity contribution in [3.63, 3.8) is 0 Å². The summed E-state index contributed by atoms with van der Waals surface area (Å²) in [4.78, 5) is 9.93. The molecule has 0 radical (unpaired) electrons. The van der Waals surface area contributed by atoms with Gasteiger partial charge in [0, 0.05) is 33.2 Å². The smallest absolute Gasteiger partial charge is 0.504 e. The topological polar surface area (TPSA) is 60.2 Å². The number of hydrogen-bond donors (Lipinski definition) is 1. The van der Waals surface area contributed by atoms with Crippen LogP contribution in [0.3, 0.4) is 0 Å². The van der Waals surface area contributed by atoms with Crippen LogP contribution in [0.15, 0.2) is 133 Å². The van der Waals surface area contributed by atoms with Gasteiger partial charge in [0.2, 0.25) is 0 Å². The van der Waals surface area contributed by atoms with Crippen LogP contribution in [0.1, 0.15) is 0 Å². The fourth-order valence-corrected chi connectivity index (χ4v) is 5.24. The third-order valence-corrected chi connectivity index (χ3v) is 7.12. The summed E-state index contributed by atoms with van der Waals surface area (Å²) >= 11 is 0. The Morgan fingerprint density at radius 3 is 1.80 bits per heavy atom. The zero-order valence-electron chi connectivity index (χ0n) is 21.6. The number of para-hydroxylation sites is 1. The second-order valence-electron chi connectivity index (χ2n) is 9.55. The van der Waals surface area contributed by atoms with Gasteiger partial charge in [0.15, 0.2) is 5.82 Å². The average molecular weight is 517 g/mol. The molecule has 0 aliphatic heterocycles. The Kier molecular flexibility index (Phi) is 6.07. The predicted molar refractivity (Wildman–Crippen MR) is 163 cm³/mol. The summed E-state index contributed by atoms with van der Waals surface area (Å²) in [7, 11) is -0.356. The van der Waals surface area contributed by atoms with Crippen LogP contribution in [0.5, 0.6) is 5.75 Å². The lowest BCUT2D eigenvalue weighted by atomic mass is 10.1. The van der Waals surface area contributed by atoms with Gasteiger partial charge in [-0.2, -0.15) is 0 Å². The second-order valence-corrected chi connectivity index (χ2v) is 9.55. The first-order valence-electron chi connectivity index (χ1n) is 13.2. The number of rotatable bonds is 6. The molecule has 0 aliphatic carbocycles. The van der Waals surface area contributed by atoms with Crippen LogP contribution in [0.2, 0.25) is 0 Å². The molecular formula is C34H24BN3O2. The Labute approximate surface area is 232 Å². The Balaban J connectivity index is 1.35. The summed E-state index contributed by atoms with van der Waals surface area (Å²) in [5.74, 6) is 1.32. The maximum Gasteiger partial charge on any atom is 0.504 e. The van der Waals surface area contributed by atoms with Crippen LogP contribution in [0.25, 0.3) is 61.4 Å². The van der Waals surface area contributed by atoms with E-state index >= 15 is 0 Å². The van der Waals surface area contributed by atoms with Crippen molar-refractivity contribution in [2.75, 3.05) is 0 Å². The summed E-state index contributed by atoms with van der Waals surface area (Å²) in [6.45, 7) is 0. The number of benzene rings is 5. The van der Waals surface area contributed by atoms with E-state index in [2.05, 4.69) is 71.3 Å². The highest BCUT2D eigenvalue weighted by Crippen LogP contribution is 2.35. The van der Waals surface area contributed by atoms with Crippen LogP contribution in [0.4, 0.5) is 0 Å². The van der Waals surface area contributed by atoms with E-state index in [-0.39, 0.29) is 7.69 Å². The van der Waals surface area contributed by atoms with Gasteiger partial charge in [-0.05, 0) is 54.6 Å². The first-order chi connectivity index (χ1) is 19.8. The van der Waals surface area contributed by atoms with E-state index in [4.69, 9.17) is 14.6 Å². The van der Waals surface area contributed by atoms with Gasteiger partial charge in [0.25, 0.3) is 0 Å². The Morgan fingerprint density at radius 1 is 0.550 bits per heavy atom. The molecule has 2 aromatic heterocycles. The van der Waals surface area contributed by atoms with Crippen LogP contribution >= 0.6 is 0 Å².